The SMILES string of the molecule is COc1c(C)cc(C)cc1-c1ccccc1N=Cc1cc(C)cc(C(C)(C)c2ccccc2)c1[O][Tl]([Cl])[Cl]. The average molecular weight is 738 g/mol. The van der Waals surface area contributed by atoms with Crippen molar-refractivity contribution in [2.24, 2.45) is 4.99 Å². The van der Waals surface area contributed by atoms with Crippen LogP contribution in [-0.2, 0) is 5.41 Å². The molecular weight excluding hydrogens is 706 g/mol. The molecule has 0 aliphatic heterocycles. The summed E-state index contributed by atoms with van der Waals surface area (Å²) in [6, 6.07) is 27.0. The average Bonchev–Trinajstić information content (AvgIpc) is 2.88. The van der Waals surface area contributed by atoms with Gasteiger partial charge in [-0.1, -0.05) is 0 Å². The van der Waals surface area contributed by atoms with Gasteiger partial charge in [-0.05, 0) is 0 Å². The van der Waals surface area contributed by atoms with Crippen molar-refractivity contribution < 1.29 is 7.42 Å². The number of aryl methyl sites for hydroxylation is 3. The van der Waals surface area contributed by atoms with Crippen molar-refractivity contribution in [2.75, 3.05) is 7.11 Å². The Bertz CT molecular complexity index is 1470. The molecule has 4 aromatic carbocycles. The molecule has 3 nitrogen and oxygen atoms in total. The van der Waals surface area contributed by atoms with Crippen LogP contribution in [0.25, 0.3) is 11.1 Å². The molecule has 4 rings (SSSR count). The van der Waals surface area contributed by atoms with Gasteiger partial charge in [0.25, 0.3) is 0 Å². The fourth-order valence-electron chi connectivity index (χ4n) is 4.97. The molecular formula is C32H32Cl2NO2Tl. The standard InChI is InChI=1S/C32H33NO2.2ClH.Tl/c1-21-16-23(3)31(35-6)27(18-21)26-14-10-11-15-29(26)33-20-24-17-22(2)19-28(30(24)34)32(4,5)25-12-8-7-9-13-25;;;/h7-20,34H,1-6H3;2*1H;/q;;;+3/p-3. The molecule has 0 aliphatic carbocycles. The Labute approximate surface area is 242 Å². The monoisotopic (exact) mass is 737 g/mol. The Morgan fingerprint density at radius 2 is 1.45 bits per heavy atom. The molecule has 0 spiro atoms. The molecule has 0 unspecified atom stereocenters. The third-order valence-electron chi connectivity index (χ3n) is 6.80. The normalized spacial score (nSPS) is 11.6. The number of benzene rings is 4. The zero-order valence-electron chi connectivity index (χ0n) is 22.7. The summed E-state index contributed by atoms with van der Waals surface area (Å²) in [7, 11) is 14.5. The van der Waals surface area contributed by atoms with Gasteiger partial charge in [-0.25, -0.2) is 0 Å². The summed E-state index contributed by atoms with van der Waals surface area (Å²) in [4.78, 5) is 4.97. The van der Waals surface area contributed by atoms with Crippen molar-refractivity contribution in [2.45, 2.75) is 40.0 Å². The molecule has 0 fully saturated rings. The first-order valence-electron chi connectivity index (χ1n) is 12.6. The number of halogens is 2. The van der Waals surface area contributed by atoms with Gasteiger partial charge in [-0.3, -0.25) is 0 Å². The van der Waals surface area contributed by atoms with Crippen LogP contribution in [0.1, 0.15) is 47.2 Å². The van der Waals surface area contributed by atoms with Crippen LogP contribution in [0.15, 0.2) is 83.9 Å². The van der Waals surface area contributed by atoms with Crippen molar-refractivity contribution in [1.82, 2.24) is 0 Å². The summed E-state index contributed by atoms with van der Waals surface area (Å²) < 4.78 is 12.0. The van der Waals surface area contributed by atoms with E-state index in [0.717, 1.165) is 44.8 Å². The molecule has 0 aromatic heterocycles. The number of methoxy groups -OCH3 is 1. The van der Waals surface area contributed by atoms with E-state index in [0.29, 0.717) is 5.75 Å². The van der Waals surface area contributed by atoms with Crippen molar-refractivity contribution >= 4 is 49.2 Å². The minimum atomic E-state index is -3.30. The topological polar surface area (TPSA) is 30.8 Å². The number of para-hydroxylation sites is 1. The van der Waals surface area contributed by atoms with Gasteiger partial charge in [-0.15, -0.1) is 0 Å². The zero-order valence-corrected chi connectivity index (χ0v) is 28.7. The first-order chi connectivity index (χ1) is 18.1. The van der Waals surface area contributed by atoms with E-state index < -0.39 is 20.7 Å². The van der Waals surface area contributed by atoms with Gasteiger partial charge < -0.3 is 0 Å². The van der Waals surface area contributed by atoms with Crippen LogP contribution in [0.3, 0.4) is 0 Å². The molecule has 0 saturated carbocycles. The Morgan fingerprint density at radius 1 is 0.789 bits per heavy atom. The molecule has 6 heteroatoms. The fraction of sp³-hybridized carbons (Fsp3) is 0.219. The molecule has 0 aliphatic rings. The van der Waals surface area contributed by atoms with Gasteiger partial charge in [0.1, 0.15) is 0 Å². The molecule has 0 radical (unpaired) electrons. The van der Waals surface area contributed by atoms with Crippen molar-refractivity contribution in [3.63, 3.8) is 0 Å². The van der Waals surface area contributed by atoms with Crippen LogP contribution in [-0.4, -0.2) is 34.0 Å². The summed E-state index contributed by atoms with van der Waals surface area (Å²) in [5.41, 5.74) is 8.98. The van der Waals surface area contributed by atoms with Gasteiger partial charge >= 0.3 is 244 Å². The second kappa shape index (κ2) is 12.2. The Kier molecular flexibility index (Phi) is 9.22. The maximum atomic E-state index is 6.38. The number of hydrogen-bond donors (Lipinski definition) is 0. The van der Waals surface area contributed by atoms with Crippen molar-refractivity contribution in [3.8, 4) is 22.6 Å². The molecule has 0 amide bonds. The third-order valence-corrected chi connectivity index (χ3v) is 9.97. The Morgan fingerprint density at radius 3 is 2.13 bits per heavy atom. The van der Waals surface area contributed by atoms with E-state index in [-0.39, 0.29) is 5.41 Å². The van der Waals surface area contributed by atoms with Crippen LogP contribution < -0.4 is 7.42 Å². The van der Waals surface area contributed by atoms with Crippen LogP contribution in [0.2, 0.25) is 0 Å². The van der Waals surface area contributed by atoms with Crippen LogP contribution in [0.4, 0.5) is 5.69 Å². The first kappa shape index (κ1) is 28.7. The molecule has 194 valence electrons. The number of aliphatic imine (C=N–C) groups is 1. The fourth-order valence-corrected chi connectivity index (χ4v) is 8.25. The Balaban J connectivity index is 1.87. The van der Waals surface area contributed by atoms with Gasteiger partial charge in [0.2, 0.25) is 0 Å². The molecule has 0 N–H and O–H groups in total. The zero-order chi connectivity index (χ0) is 27.4. The van der Waals surface area contributed by atoms with Gasteiger partial charge in [0.05, 0.1) is 0 Å². The molecule has 0 saturated heterocycles. The number of nitrogens with zero attached hydrogens (tertiary/aromatic N) is 1. The van der Waals surface area contributed by atoms with Crippen molar-refractivity contribution in [3.05, 3.63) is 112 Å². The summed E-state index contributed by atoms with van der Waals surface area (Å²) in [6.07, 6.45) is 1.87. The summed E-state index contributed by atoms with van der Waals surface area (Å²) in [6.45, 7) is 10.6. The Hall–Kier alpha value is -2.35. The molecule has 0 atom stereocenters. The van der Waals surface area contributed by atoms with Crippen LogP contribution in [0, 0.1) is 20.8 Å². The summed E-state index contributed by atoms with van der Waals surface area (Å²) >= 11 is -3.30. The maximum absolute atomic E-state index is 6.38. The third kappa shape index (κ3) is 6.27. The van der Waals surface area contributed by atoms with E-state index in [1.807, 2.05) is 30.5 Å². The van der Waals surface area contributed by atoms with Crippen molar-refractivity contribution in [1.29, 1.82) is 0 Å². The molecule has 38 heavy (non-hydrogen) atoms. The molecule has 0 heterocycles. The predicted octanol–water partition coefficient (Wildman–Crippen LogP) is 9.21. The molecule has 4 aromatic rings. The van der Waals surface area contributed by atoms with Gasteiger partial charge in [0, 0.05) is 0 Å². The van der Waals surface area contributed by atoms with E-state index in [4.69, 9.17) is 29.0 Å². The molecule has 0 bridgehead atoms. The number of hydrogen-bond acceptors (Lipinski definition) is 3. The van der Waals surface area contributed by atoms with Crippen LogP contribution >= 0.6 is 16.6 Å². The predicted molar refractivity (Wildman–Crippen MR) is 163 cm³/mol. The van der Waals surface area contributed by atoms with Crippen LogP contribution in [0.5, 0.6) is 11.5 Å². The van der Waals surface area contributed by atoms with Gasteiger partial charge in [-0.2, -0.15) is 0 Å². The quantitative estimate of drug-likeness (QED) is 0.133. The second-order valence-corrected chi connectivity index (χ2v) is 21.9. The van der Waals surface area contributed by atoms with E-state index in [2.05, 4.69) is 89.2 Å². The second-order valence-electron chi connectivity index (χ2n) is 10.0. The van der Waals surface area contributed by atoms with Gasteiger partial charge in [0.15, 0.2) is 0 Å². The number of ether oxygens (including phenoxy) is 1. The minimum absolute atomic E-state index is 0.327. The summed E-state index contributed by atoms with van der Waals surface area (Å²) in [5, 5.41) is 0. The number of rotatable bonds is 8. The summed E-state index contributed by atoms with van der Waals surface area (Å²) in [5.74, 6) is 1.57. The van der Waals surface area contributed by atoms with E-state index in [9.17, 15) is 0 Å². The van der Waals surface area contributed by atoms with E-state index in [1.165, 1.54) is 11.1 Å². The van der Waals surface area contributed by atoms with E-state index in [1.54, 1.807) is 7.11 Å². The van der Waals surface area contributed by atoms with E-state index >= 15 is 0 Å². The first-order valence-corrected chi connectivity index (χ1v) is 25.4.